The molecule has 0 radical (unpaired) electrons. The molecule has 6 nitrogen and oxygen atoms in total. The molecule has 0 saturated carbocycles. The number of nitrogens with one attached hydrogen (secondary N) is 1. The minimum Gasteiger partial charge on any atom is -0.399 e. The van der Waals surface area contributed by atoms with Gasteiger partial charge in [-0.05, 0) is 24.6 Å². The first-order valence-electron chi connectivity index (χ1n) is 6.03. The fourth-order valence-corrected chi connectivity index (χ4v) is 4.04. The Morgan fingerprint density at radius 2 is 2.21 bits per heavy atom. The van der Waals surface area contributed by atoms with Gasteiger partial charge in [-0.2, -0.15) is 4.31 Å². The number of aromatic amines is 1. The summed E-state index contributed by atoms with van der Waals surface area (Å²) in [7, 11) is -3.59. The summed E-state index contributed by atoms with van der Waals surface area (Å²) in [6.45, 7) is 0.496. The van der Waals surface area contributed by atoms with Crippen LogP contribution in [0, 0.1) is 0 Å². The molecule has 7 heteroatoms. The normalized spacial score (nSPS) is 21.2. The van der Waals surface area contributed by atoms with Crippen molar-refractivity contribution in [1.29, 1.82) is 0 Å². The predicted molar refractivity (Wildman–Crippen MR) is 72.1 cm³/mol. The van der Waals surface area contributed by atoms with Crippen molar-refractivity contribution < 1.29 is 13.5 Å². The molecule has 0 aliphatic carbocycles. The fraction of sp³-hybridized carbons (Fsp3) is 0.333. The van der Waals surface area contributed by atoms with Gasteiger partial charge in [0.05, 0.1) is 6.10 Å². The van der Waals surface area contributed by atoms with E-state index in [1.807, 2.05) is 0 Å². The maximum atomic E-state index is 12.5. The summed E-state index contributed by atoms with van der Waals surface area (Å²) in [5.41, 5.74) is 6.96. The van der Waals surface area contributed by atoms with E-state index in [1.54, 1.807) is 18.2 Å². The minimum absolute atomic E-state index is 0.150. The lowest BCUT2D eigenvalue weighted by Gasteiger charge is -2.14. The van der Waals surface area contributed by atoms with Crippen molar-refractivity contribution in [3.63, 3.8) is 0 Å². The highest BCUT2D eigenvalue weighted by atomic mass is 32.2. The van der Waals surface area contributed by atoms with E-state index in [1.165, 1.54) is 10.5 Å². The second-order valence-electron chi connectivity index (χ2n) is 4.76. The van der Waals surface area contributed by atoms with Crippen molar-refractivity contribution in [3.05, 3.63) is 24.4 Å². The Balaban J connectivity index is 2.11. The quantitative estimate of drug-likeness (QED) is 0.698. The molecule has 1 saturated heterocycles. The number of rotatable bonds is 2. The summed E-state index contributed by atoms with van der Waals surface area (Å²) in [6.07, 6.45) is 1.37. The SMILES string of the molecule is Nc1ccc2[nH]cc(S(=O)(=O)N3CCC(O)C3)c2c1. The Morgan fingerprint density at radius 1 is 1.42 bits per heavy atom. The van der Waals surface area contributed by atoms with Crippen molar-refractivity contribution >= 4 is 26.6 Å². The van der Waals surface area contributed by atoms with E-state index in [0.29, 0.717) is 24.0 Å². The summed E-state index contributed by atoms with van der Waals surface area (Å²) in [5, 5.41) is 10.1. The second-order valence-corrected chi connectivity index (χ2v) is 6.67. The van der Waals surface area contributed by atoms with Crippen LogP contribution in [0.3, 0.4) is 0 Å². The molecule has 1 fully saturated rings. The average Bonchev–Trinajstić information content (AvgIpc) is 2.95. The number of aromatic nitrogens is 1. The van der Waals surface area contributed by atoms with Crippen LogP contribution in [0.4, 0.5) is 5.69 Å². The van der Waals surface area contributed by atoms with Crippen molar-refractivity contribution in [3.8, 4) is 0 Å². The summed E-state index contributed by atoms with van der Waals surface area (Å²) < 4.78 is 26.3. The van der Waals surface area contributed by atoms with Crippen LogP contribution >= 0.6 is 0 Å². The first kappa shape index (κ1) is 12.5. The lowest BCUT2D eigenvalue weighted by Crippen LogP contribution is -2.29. The van der Waals surface area contributed by atoms with Gasteiger partial charge in [-0.15, -0.1) is 0 Å². The number of aliphatic hydroxyl groups is 1. The second kappa shape index (κ2) is 4.22. The molecule has 0 spiro atoms. The third-order valence-corrected chi connectivity index (χ3v) is 5.32. The molecule has 19 heavy (non-hydrogen) atoms. The number of nitrogens with two attached hydrogens (primary N) is 1. The Bertz CT molecular complexity index is 723. The first-order valence-corrected chi connectivity index (χ1v) is 7.47. The summed E-state index contributed by atoms with van der Waals surface area (Å²) in [6, 6.07) is 5.11. The molecule has 102 valence electrons. The number of H-pyrrole nitrogens is 1. The summed E-state index contributed by atoms with van der Waals surface area (Å²) >= 11 is 0. The van der Waals surface area contributed by atoms with Crippen LogP contribution in [0.2, 0.25) is 0 Å². The van der Waals surface area contributed by atoms with Gasteiger partial charge in [0.15, 0.2) is 0 Å². The van der Waals surface area contributed by atoms with Gasteiger partial charge in [-0.3, -0.25) is 0 Å². The van der Waals surface area contributed by atoms with E-state index in [2.05, 4.69) is 4.98 Å². The highest BCUT2D eigenvalue weighted by Gasteiger charge is 2.33. The highest BCUT2D eigenvalue weighted by molar-refractivity contribution is 7.89. The Hall–Kier alpha value is -1.57. The average molecular weight is 281 g/mol. The number of anilines is 1. The smallest absolute Gasteiger partial charge is 0.245 e. The molecule has 2 heterocycles. The minimum atomic E-state index is -3.59. The number of aliphatic hydroxyl groups excluding tert-OH is 1. The molecule has 0 bridgehead atoms. The van der Waals surface area contributed by atoms with E-state index in [4.69, 9.17) is 5.73 Å². The summed E-state index contributed by atoms with van der Waals surface area (Å²) in [5.74, 6) is 0. The van der Waals surface area contributed by atoms with Crippen LogP contribution in [0.15, 0.2) is 29.3 Å². The molecule has 4 N–H and O–H groups in total. The number of nitrogen functional groups attached to an aromatic ring is 1. The molecular formula is C12H15N3O3S. The van der Waals surface area contributed by atoms with Crippen LogP contribution in [0.25, 0.3) is 10.9 Å². The monoisotopic (exact) mass is 281 g/mol. The highest BCUT2D eigenvalue weighted by Crippen LogP contribution is 2.29. The molecule has 0 amide bonds. The van der Waals surface area contributed by atoms with E-state index < -0.39 is 16.1 Å². The molecule has 2 aromatic rings. The van der Waals surface area contributed by atoms with Crippen molar-refractivity contribution in [2.24, 2.45) is 0 Å². The molecule has 1 aromatic heterocycles. The van der Waals surface area contributed by atoms with Crippen molar-refractivity contribution in [1.82, 2.24) is 9.29 Å². The zero-order valence-electron chi connectivity index (χ0n) is 10.2. The maximum Gasteiger partial charge on any atom is 0.245 e. The Morgan fingerprint density at radius 3 is 2.89 bits per heavy atom. The van der Waals surface area contributed by atoms with Crippen LogP contribution in [-0.2, 0) is 10.0 Å². The number of nitrogens with zero attached hydrogens (tertiary/aromatic N) is 1. The lowest BCUT2D eigenvalue weighted by atomic mass is 10.2. The zero-order valence-corrected chi connectivity index (χ0v) is 11.0. The molecule has 1 aromatic carbocycles. The van der Waals surface area contributed by atoms with Gasteiger partial charge in [0, 0.05) is 35.9 Å². The Labute approximate surface area is 110 Å². The van der Waals surface area contributed by atoms with Crippen molar-refractivity contribution in [2.45, 2.75) is 17.4 Å². The third-order valence-electron chi connectivity index (χ3n) is 3.41. The molecule has 3 rings (SSSR count). The largest absolute Gasteiger partial charge is 0.399 e. The van der Waals surface area contributed by atoms with Crippen molar-refractivity contribution in [2.75, 3.05) is 18.8 Å². The molecule has 1 atom stereocenters. The van der Waals surface area contributed by atoms with E-state index in [-0.39, 0.29) is 11.4 Å². The van der Waals surface area contributed by atoms with Crippen LogP contribution in [-0.4, -0.2) is 42.0 Å². The maximum absolute atomic E-state index is 12.5. The summed E-state index contributed by atoms with van der Waals surface area (Å²) in [4.78, 5) is 3.14. The van der Waals surface area contributed by atoms with Gasteiger partial charge in [0.25, 0.3) is 0 Å². The topological polar surface area (TPSA) is 99.4 Å². The first-order chi connectivity index (χ1) is 8.98. The van der Waals surface area contributed by atoms with Gasteiger partial charge in [0.2, 0.25) is 10.0 Å². The number of sulfonamides is 1. The van der Waals surface area contributed by atoms with E-state index in [0.717, 1.165) is 5.52 Å². The molecular weight excluding hydrogens is 266 g/mol. The standard InChI is InChI=1S/C12H15N3O3S/c13-8-1-2-11-10(5-8)12(6-14-11)19(17,18)15-4-3-9(16)7-15/h1-2,5-6,9,14,16H,3-4,7,13H2. The van der Waals surface area contributed by atoms with Gasteiger partial charge in [0.1, 0.15) is 4.90 Å². The van der Waals surface area contributed by atoms with Gasteiger partial charge in [-0.25, -0.2) is 8.42 Å². The number of fused-ring (bicyclic) bond motifs is 1. The fourth-order valence-electron chi connectivity index (χ4n) is 2.39. The van der Waals surface area contributed by atoms with E-state index >= 15 is 0 Å². The predicted octanol–water partition coefficient (Wildman–Crippen LogP) is 0.505. The van der Waals surface area contributed by atoms with Crippen LogP contribution in [0.1, 0.15) is 6.42 Å². The van der Waals surface area contributed by atoms with Gasteiger partial charge < -0.3 is 15.8 Å². The lowest BCUT2D eigenvalue weighted by molar-refractivity contribution is 0.189. The number of hydrogen-bond donors (Lipinski definition) is 3. The van der Waals surface area contributed by atoms with Gasteiger partial charge in [-0.1, -0.05) is 0 Å². The van der Waals surface area contributed by atoms with Crippen LogP contribution < -0.4 is 5.73 Å². The third kappa shape index (κ3) is 1.99. The number of β-amino-alcohol motifs (C(OH)–C–C–N with tert-alkyl or cyclic N) is 1. The molecule has 1 aliphatic heterocycles. The Kier molecular flexibility index (Phi) is 2.77. The molecule has 1 unspecified atom stereocenters. The number of hydrogen-bond acceptors (Lipinski definition) is 4. The zero-order chi connectivity index (χ0) is 13.6. The molecule has 1 aliphatic rings. The van der Waals surface area contributed by atoms with E-state index in [9.17, 15) is 13.5 Å². The van der Waals surface area contributed by atoms with Gasteiger partial charge >= 0.3 is 0 Å². The number of benzene rings is 1. The van der Waals surface area contributed by atoms with Crippen LogP contribution in [0.5, 0.6) is 0 Å².